The number of benzene rings is 2. The molecule has 0 radical (unpaired) electrons. The first-order valence-corrected chi connectivity index (χ1v) is 13.1. The van der Waals surface area contributed by atoms with Crippen molar-refractivity contribution in [1.82, 2.24) is 0 Å². The molecular formula is C31H37NO5. The Balaban J connectivity index is 1.25. The van der Waals surface area contributed by atoms with Gasteiger partial charge in [0.05, 0.1) is 24.9 Å². The average Bonchev–Trinajstić information content (AvgIpc) is 3.38. The molecule has 1 aliphatic rings. The first kappa shape index (κ1) is 27.9. The molecule has 6 nitrogen and oxygen atoms in total. The van der Waals surface area contributed by atoms with E-state index in [1.54, 1.807) is 6.92 Å². The molecule has 0 bridgehead atoms. The highest BCUT2D eigenvalue weighted by molar-refractivity contribution is 5.90. The minimum Gasteiger partial charge on any atom is -0.494 e. The fourth-order valence-electron chi connectivity index (χ4n) is 4.00. The zero-order chi connectivity index (χ0) is 26.3. The van der Waals surface area contributed by atoms with Gasteiger partial charge in [-0.2, -0.15) is 5.26 Å². The van der Waals surface area contributed by atoms with Crippen LogP contribution in [-0.4, -0.2) is 26.0 Å². The molecule has 0 saturated heterocycles. The summed E-state index contributed by atoms with van der Waals surface area (Å²) in [5.41, 5.74) is 2.78. The minimum atomic E-state index is -0.292. The van der Waals surface area contributed by atoms with Crippen LogP contribution in [0.2, 0.25) is 0 Å². The molecule has 0 saturated carbocycles. The van der Waals surface area contributed by atoms with Crippen LogP contribution in [-0.2, 0) is 9.53 Å². The molecule has 2 aromatic rings. The van der Waals surface area contributed by atoms with E-state index in [2.05, 4.69) is 12.6 Å². The monoisotopic (exact) mass is 503 g/mol. The molecule has 1 aliphatic heterocycles. The number of nitrogens with zero attached hydrogens (tertiary/aromatic N) is 1. The molecular weight excluding hydrogens is 466 g/mol. The van der Waals surface area contributed by atoms with Gasteiger partial charge in [-0.25, -0.2) is 4.79 Å². The lowest BCUT2D eigenvalue weighted by atomic mass is 10.0. The van der Waals surface area contributed by atoms with Gasteiger partial charge in [0.1, 0.15) is 5.75 Å². The van der Waals surface area contributed by atoms with Gasteiger partial charge in [-0.1, -0.05) is 57.6 Å². The van der Waals surface area contributed by atoms with Gasteiger partial charge in [0.2, 0.25) is 6.79 Å². The number of nitriles is 1. The average molecular weight is 504 g/mol. The minimum absolute atomic E-state index is 0.230. The number of allylic oxidation sites excluding steroid dienone is 1. The second kappa shape index (κ2) is 15.4. The molecule has 6 heteroatoms. The molecule has 37 heavy (non-hydrogen) atoms. The van der Waals surface area contributed by atoms with E-state index in [9.17, 15) is 10.1 Å². The highest BCUT2D eigenvalue weighted by atomic mass is 16.7. The second-order valence-electron chi connectivity index (χ2n) is 9.25. The lowest BCUT2D eigenvalue weighted by Gasteiger charge is -2.08. The number of esters is 1. The van der Waals surface area contributed by atoms with Gasteiger partial charge in [-0.05, 0) is 73.4 Å². The number of hydrogen-bond donors (Lipinski definition) is 0. The van der Waals surface area contributed by atoms with E-state index < -0.39 is 0 Å². The predicted molar refractivity (Wildman–Crippen MR) is 145 cm³/mol. The molecule has 2 aromatic carbocycles. The fraction of sp³-hybridized carbons (Fsp3) is 0.419. The van der Waals surface area contributed by atoms with E-state index in [1.807, 2.05) is 48.5 Å². The Morgan fingerprint density at radius 3 is 2.19 bits per heavy atom. The highest BCUT2D eigenvalue weighted by Gasteiger charge is 2.13. The zero-order valence-corrected chi connectivity index (χ0v) is 21.8. The molecule has 1 heterocycles. The molecule has 3 rings (SSSR count). The summed E-state index contributed by atoms with van der Waals surface area (Å²) in [6.45, 7) is 6.66. The Hall–Kier alpha value is -3.72. The van der Waals surface area contributed by atoms with Crippen LogP contribution in [0, 0.1) is 11.3 Å². The Morgan fingerprint density at radius 1 is 0.919 bits per heavy atom. The lowest BCUT2D eigenvalue weighted by molar-refractivity contribution is -0.139. The standard InChI is InChI=1S/C31H37NO5/c1-24(2)31(33)35-19-11-9-7-5-3-4-6-8-10-18-34-28-15-13-26(14-16-28)27(22-32)20-25-12-17-29-30(21-25)37-23-36-29/h12-17,20-21H,1,3-11,18-19,23H2,2H3. The summed E-state index contributed by atoms with van der Waals surface area (Å²) in [5.74, 6) is 1.95. The maximum Gasteiger partial charge on any atom is 0.333 e. The van der Waals surface area contributed by atoms with Crippen molar-refractivity contribution in [3.63, 3.8) is 0 Å². The number of carbonyl (C=O) groups is 1. The van der Waals surface area contributed by atoms with Crippen LogP contribution < -0.4 is 14.2 Å². The van der Waals surface area contributed by atoms with Crippen LogP contribution in [0.3, 0.4) is 0 Å². The largest absolute Gasteiger partial charge is 0.494 e. The zero-order valence-electron chi connectivity index (χ0n) is 21.8. The molecule has 0 atom stereocenters. The van der Waals surface area contributed by atoms with Crippen molar-refractivity contribution in [2.24, 2.45) is 0 Å². The summed E-state index contributed by atoms with van der Waals surface area (Å²) < 4.78 is 21.7. The summed E-state index contributed by atoms with van der Waals surface area (Å²) in [6, 6.07) is 15.6. The van der Waals surface area contributed by atoms with E-state index in [0.29, 0.717) is 30.1 Å². The number of carbonyl (C=O) groups excluding carboxylic acids is 1. The number of ether oxygens (including phenoxy) is 4. The van der Waals surface area contributed by atoms with Gasteiger partial charge in [0.15, 0.2) is 11.5 Å². The van der Waals surface area contributed by atoms with Crippen molar-refractivity contribution in [1.29, 1.82) is 5.26 Å². The SMILES string of the molecule is C=C(C)C(=O)OCCCCCCCCCCCOc1ccc(C(C#N)=Cc2ccc3c(c2)OCO3)cc1. The normalized spacial score (nSPS) is 12.2. The van der Waals surface area contributed by atoms with E-state index in [1.165, 1.54) is 32.1 Å². The van der Waals surface area contributed by atoms with Crippen molar-refractivity contribution in [3.05, 3.63) is 65.7 Å². The molecule has 0 aliphatic carbocycles. The van der Waals surface area contributed by atoms with Crippen LogP contribution in [0.25, 0.3) is 11.6 Å². The molecule has 0 spiro atoms. The Labute approximate surface area is 220 Å². The Bertz CT molecular complexity index is 1100. The Morgan fingerprint density at radius 2 is 1.54 bits per heavy atom. The molecule has 0 N–H and O–H groups in total. The number of fused-ring (bicyclic) bond motifs is 1. The summed E-state index contributed by atoms with van der Waals surface area (Å²) in [7, 11) is 0. The van der Waals surface area contributed by atoms with E-state index in [4.69, 9.17) is 18.9 Å². The van der Waals surface area contributed by atoms with Gasteiger partial charge < -0.3 is 18.9 Å². The van der Waals surface area contributed by atoms with E-state index in [-0.39, 0.29) is 12.8 Å². The quantitative estimate of drug-likeness (QED) is 0.0776. The Kier molecular flexibility index (Phi) is 11.6. The maximum absolute atomic E-state index is 11.3. The van der Waals surface area contributed by atoms with Gasteiger partial charge in [-0.3, -0.25) is 0 Å². The summed E-state index contributed by atoms with van der Waals surface area (Å²) in [4.78, 5) is 11.3. The third-order valence-electron chi connectivity index (χ3n) is 6.13. The first-order chi connectivity index (χ1) is 18.1. The van der Waals surface area contributed by atoms with Crippen molar-refractivity contribution in [2.45, 2.75) is 64.7 Å². The molecule has 0 aromatic heterocycles. The summed E-state index contributed by atoms with van der Waals surface area (Å²) in [5, 5.41) is 9.64. The van der Waals surface area contributed by atoms with Gasteiger partial charge in [-0.15, -0.1) is 0 Å². The predicted octanol–water partition coefficient (Wildman–Crippen LogP) is 7.49. The van der Waals surface area contributed by atoms with Gasteiger partial charge in [0, 0.05) is 5.57 Å². The third-order valence-corrected chi connectivity index (χ3v) is 6.13. The maximum atomic E-state index is 11.3. The fourth-order valence-corrected chi connectivity index (χ4v) is 4.00. The number of rotatable bonds is 16. The number of unbranched alkanes of at least 4 members (excludes halogenated alkanes) is 8. The highest BCUT2D eigenvalue weighted by Crippen LogP contribution is 2.33. The van der Waals surface area contributed by atoms with Crippen LogP contribution in [0.15, 0.2) is 54.6 Å². The van der Waals surface area contributed by atoms with Crippen molar-refractivity contribution < 1.29 is 23.7 Å². The van der Waals surface area contributed by atoms with Crippen LogP contribution >= 0.6 is 0 Å². The molecule has 0 unspecified atom stereocenters. The number of hydrogen-bond acceptors (Lipinski definition) is 6. The lowest BCUT2D eigenvalue weighted by Crippen LogP contribution is -2.05. The summed E-state index contributed by atoms with van der Waals surface area (Å²) in [6.07, 6.45) is 12.2. The first-order valence-electron chi connectivity index (χ1n) is 13.1. The van der Waals surface area contributed by atoms with E-state index in [0.717, 1.165) is 48.3 Å². The molecule has 196 valence electrons. The summed E-state index contributed by atoms with van der Waals surface area (Å²) >= 11 is 0. The van der Waals surface area contributed by atoms with Crippen LogP contribution in [0.4, 0.5) is 0 Å². The second-order valence-corrected chi connectivity index (χ2v) is 9.25. The smallest absolute Gasteiger partial charge is 0.333 e. The topological polar surface area (TPSA) is 77.8 Å². The van der Waals surface area contributed by atoms with Gasteiger partial charge in [0.25, 0.3) is 0 Å². The van der Waals surface area contributed by atoms with Gasteiger partial charge >= 0.3 is 5.97 Å². The molecule has 0 fully saturated rings. The molecule has 0 amide bonds. The van der Waals surface area contributed by atoms with Crippen molar-refractivity contribution >= 4 is 17.6 Å². The van der Waals surface area contributed by atoms with Crippen LogP contribution in [0.1, 0.15) is 75.8 Å². The van der Waals surface area contributed by atoms with Crippen molar-refractivity contribution in [2.75, 3.05) is 20.0 Å². The third kappa shape index (κ3) is 9.69. The van der Waals surface area contributed by atoms with E-state index >= 15 is 0 Å². The van der Waals surface area contributed by atoms with Crippen molar-refractivity contribution in [3.8, 4) is 23.3 Å². The van der Waals surface area contributed by atoms with Crippen LogP contribution in [0.5, 0.6) is 17.2 Å².